The smallest absolute Gasteiger partial charge is 0.220 e. The van der Waals surface area contributed by atoms with Crippen LogP contribution in [0.2, 0.25) is 0 Å². The van der Waals surface area contributed by atoms with Gasteiger partial charge in [0, 0.05) is 32.6 Å². The van der Waals surface area contributed by atoms with Gasteiger partial charge in [-0.15, -0.1) is 0 Å². The van der Waals surface area contributed by atoms with Gasteiger partial charge in [0.15, 0.2) is 5.96 Å². The van der Waals surface area contributed by atoms with Gasteiger partial charge < -0.3 is 16.0 Å². The van der Waals surface area contributed by atoms with Crippen LogP contribution in [0.4, 0.5) is 0 Å². The highest BCUT2D eigenvalue weighted by Crippen LogP contribution is 2.25. The number of rotatable bonds is 7. The lowest BCUT2D eigenvalue weighted by Crippen LogP contribution is -2.46. The normalized spacial score (nSPS) is 18.1. The number of carbonyl (C=O) groups excluding carboxylic acids is 1. The molecule has 0 aromatic heterocycles. The maximum Gasteiger partial charge on any atom is 0.220 e. The lowest BCUT2D eigenvalue weighted by molar-refractivity contribution is -0.122. The summed E-state index contributed by atoms with van der Waals surface area (Å²) in [6.07, 6.45) is 7.04. The highest BCUT2D eigenvalue weighted by Gasteiger charge is 2.16. The minimum absolute atomic E-state index is 0.187. The number of aliphatic imine (C=N–C) groups is 1. The number of amides is 1. The standard InChI is InChI=1S/C17H34N4O/c1-13(2)14(3)21-17(18-4)20-11-10-19-16(22)12-15-8-6-5-7-9-15/h13-15H,5-12H2,1-4H3,(H,19,22)(H2,18,20,21). The van der Waals surface area contributed by atoms with Crippen molar-refractivity contribution in [1.82, 2.24) is 16.0 Å². The highest BCUT2D eigenvalue weighted by atomic mass is 16.1. The van der Waals surface area contributed by atoms with Crippen LogP contribution in [0.5, 0.6) is 0 Å². The summed E-state index contributed by atoms with van der Waals surface area (Å²) in [5, 5.41) is 9.59. The number of nitrogens with zero attached hydrogens (tertiary/aromatic N) is 1. The van der Waals surface area contributed by atoms with Gasteiger partial charge in [-0.1, -0.05) is 33.1 Å². The number of hydrogen-bond donors (Lipinski definition) is 3. The van der Waals surface area contributed by atoms with Crippen LogP contribution in [0.15, 0.2) is 4.99 Å². The Hall–Kier alpha value is -1.26. The largest absolute Gasteiger partial charge is 0.355 e. The summed E-state index contributed by atoms with van der Waals surface area (Å²) in [4.78, 5) is 16.1. The number of guanidine groups is 1. The summed E-state index contributed by atoms with van der Waals surface area (Å²) in [6, 6.07) is 0.368. The topological polar surface area (TPSA) is 65.5 Å². The molecule has 0 spiro atoms. The average Bonchev–Trinajstić information content (AvgIpc) is 2.50. The fraction of sp³-hybridized carbons (Fsp3) is 0.882. The third kappa shape index (κ3) is 7.66. The average molecular weight is 310 g/mol. The molecule has 22 heavy (non-hydrogen) atoms. The van der Waals surface area contributed by atoms with Crippen molar-refractivity contribution in [2.45, 2.75) is 65.3 Å². The second kappa shape index (κ2) is 10.5. The minimum Gasteiger partial charge on any atom is -0.355 e. The first kappa shape index (κ1) is 18.8. The Morgan fingerprint density at radius 2 is 1.73 bits per heavy atom. The third-order valence-corrected chi connectivity index (χ3v) is 4.53. The van der Waals surface area contributed by atoms with Gasteiger partial charge in [0.25, 0.3) is 0 Å². The summed E-state index contributed by atoms with van der Waals surface area (Å²) in [7, 11) is 1.77. The van der Waals surface area contributed by atoms with E-state index < -0.39 is 0 Å². The van der Waals surface area contributed by atoms with E-state index in [9.17, 15) is 4.79 Å². The summed E-state index contributed by atoms with van der Waals surface area (Å²) >= 11 is 0. The second-order valence-electron chi connectivity index (χ2n) is 6.73. The summed E-state index contributed by atoms with van der Waals surface area (Å²) in [6.45, 7) is 7.83. The lowest BCUT2D eigenvalue weighted by Gasteiger charge is -2.22. The van der Waals surface area contributed by atoms with Crippen molar-refractivity contribution in [3.8, 4) is 0 Å². The zero-order valence-electron chi connectivity index (χ0n) is 14.7. The third-order valence-electron chi connectivity index (χ3n) is 4.53. The number of carbonyl (C=O) groups is 1. The Morgan fingerprint density at radius 3 is 2.32 bits per heavy atom. The van der Waals surface area contributed by atoms with Crippen molar-refractivity contribution in [1.29, 1.82) is 0 Å². The first-order valence-electron chi connectivity index (χ1n) is 8.76. The highest BCUT2D eigenvalue weighted by molar-refractivity contribution is 5.80. The molecule has 3 N–H and O–H groups in total. The molecule has 1 aliphatic carbocycles. The fourth-order valence-electron chi connectivity index (χ4n) is 2.69. The molecule has 1 aliphatic rings. The van der Waals surface area contributed by atoms with Gasteiger partial charge in [0.1, 0.15) is 0 Å². The summed E-state index contributed by atoms with van der Waals surface area (Å²) < 4.78 is 0. The van der Waals surface area contributed by atoms with Gasteiger partial charge in [-0.05, 0) is 31.6 Å². The van der Waals surface area contributed by atoms with E-state index in [1.807, 2.05) is 0 Å². The van der Waals surface area contributed by atoms with Gasteiger partial charge in [-0.25, -0.2) is 0 Å². The van der Waals surface area contributed by atoms with Gasteiger partial charge in [-0.2, -0.15) is 0 Å². The molecule has 1 unspecified atom stereocenters. The molecule has 0 radical (unpaired) electrons. The van der Waals surface area contributed by atoms with Crippen molar-refractivity contribution in [2.75, 3.05) is 20.1 Å². The molecule has 1 saturated carbocycles. The van der Waals surface area contributed by atoms with E-state index in [4.69, 9.17) is 0 Å². The van der Waals surface area contributed by atoms with E-state index in [1.165, 1.54) is 32.1 Å². The van der Waals surface area contributed by atoms with Crippen LogP contribution in [0.3, 0.4) is 0 Å². The maximum absolute atomic E-state index is 11.9. The monoisotopic (exact) mass is 310 g/mol. The van der Waals surface area contributed by atoms with Crippen LogP contribution in [-0.4, -0.2) is 38.0 Å². The van der Waals surface area contributed by atoms with E-state index in [0.717, 1.165) is 5.96 Å². The van der Waals surface area contributed by atoms with Gasteiger partial charge >= 0.3 is 0 Å². The molecule has 1 fully saturated rings. The first-order valence-corrected chi connectivity index (χ1v) is 8.76. The number of nitrogens with one attached hydrogen (secondary N) is 3. The Morgan fingerprint density at radius 1 is 1.09 bits per heavy atom. The van der Waals surface area contributed by atoms with Crippen molar-refractivity contribution in [3.63, 3.8) is 0 Å². The van der Waals surface area contributed by atoms with Crippen molar-refractivity contribution in [3.05, 3.63) is 0 Å². The van der Waals surface area contributed by atoms with Crippen molar-refractivity contribution >= 4 is 11.9 Å². The van der Waals surface area contributed by atoms with Crippen LogP contribution in [0.1, 0.15) is 59.3 Å². The van der Waals surface area contributed by atoms with Crippen LogP contribution in [0.25, 0.3) is 0 Å². The molecule has 128 valence electrons. The summed E-state index contributed by atoms with van der Waals surface area (Å²) in [5.74, 6) is 2.13. The molecule has 0 saturated heterocycles. The zero-order valence-corrected chi connectivity index (χ0v) is 14.7. The van der Waals surface area contributed by atoms with Crippen LogP contribution >= 0.6 is 0 Å². The van der Waals surface area contributed by atoms with E-state index in [1.54, 1.807) is 7.05 Å². The Kier molecular flexibility index (Phi) is 8.94. The Balaban J connectivity index is 2.13. The molecule has 0 bridgehead atoms. The first-order chi connectivity index (χ1) is 10.5. The molecular weight excluding hydrogens is 276 g/mol. The van der Waals surface area contributed by atoms with Crippen LogP contribution in [-0.2, 0) is 4.79 Å². The molecular formula is C17H34N4O. The van der Waals surface area contributed by atoms with Crippen LogP contribution in [0, 0.1) is 11.8 Å². The quantitative estimate of drug-likeness (QED) is 0.384. The van der Waals surface area contributed by atoms with E-state index >= 15 is 0 Å². The predicted molar refractivity (Wildman–Crippen MR) is 93.0 cm³/mol. The molecule has 5 nitrogen and oxygen atoms in total. The molecule has 1 atom stereocenters. The maximum atomic E-state index is 11.9. The van der Waals surface area contributed by atoms with E-state index in [0.29, 0.717) is 37.4 Å². The van der Waals surface area contributed by atoms with E-state index in [2.05, 4.69) is 41.7 Å². The van der Waals surface area contributed by atoms with Gasteiger partial charge in [-0.3, -0.25) is 9.79 Å². The number of hydrogen-bond acceptors (Lipinski definition) is 2. The molecule has 1 rings (SSSR count). The SMILES string of the molecule is CN=C(NCCNC(=O)CC1CCCCC1)NC(C)C(C)C. The second-order valence-corrected chi connectivity index (χ2v) is 6.73. The van der Waals surface area contributed by atoms with E-state index in [-0.39, 0.29) is 5.91 Å². The van der Waals surface area contributed by atoms with Gasteiger partial charge in [0.2, 0.25) is 5.91 Å². The molecule has 0 aromatic carbocycles. The molecule has 0 aliphatic heterocycles. The lowest BCUT2D eigenvalue weighted by atomic mass is 9.87. The Bertz CT molecular complexity index is 349. The van der Waals surface area contributed by atoms with Crippen molar-refractivity contribution < 1.29 is 4.79 Å². The van der Waals surface area contributed by atoms with Crippen molar-refractivity contribution in [2.24, 2.45) is 16.8 Å². The molecule has 5 heteroatoms. The Labute approximate surface area is 135 Å². The molecule has 0 heterocycles. The van der Waals surface area contributed by atoms with Gasteiger partial charge in [0.05, 0.1) is 0 Å². The minimum atomic E-state index is 0.187. The molecule has 0 aromatic rings. The fourth-order valence-corrected chi connectivity index (χ4v) is 2.69. The van der Waals surface area contributed by atoms with Crippen LogP contribution < -0.4 is 16.0 Å². The predicted octanol–water partition coefficient (Wildman–Crippen LogP) is 2.28. The molecule has 1 amide bonds. The zero-order chi connectivity index (χ0) is 16.4. The summed E-state index contributed by atoms with van der Waals surface area (Å²) in [5.41, 5.74) is 0.